The molecule has 0 bridgehead atoms. The topological polar surface area (TPSA) is 36.1 Å². The highest BCUT2D eigenvalue weighted by Gasteiger charge is 2.05. The van der Waals surface area contributed by atoms with Gasteiger partial charge in [-0.2, -0.15) is 4.83 Å². The molecule has 1 aliphatic heterocycles. The van der Waals surface area contributed by atoms with E-state index in [0.717, 1.165) is 18.8 Å². The van der Waals surface area contributed by atoms with E-state index >= 15 is 0 Å². The van der Waals surface area contributed by atoms with Crippen LogP contribution >= 0.6 is 11.9 Å². The molecule has 0 fully saturated rings. The Morgan fingerprint density at radius 1 is 1.27 bits per heavy atom. The second kappa shape index (κ2) is 5.21. The Labute approximate surface area is 94.4 Å². The lowest BCUT2D eigenvalue weighted by molar-refractivity contribution is 0.727. The average Bonchev–Trinajstić information content (AvgIpc) is 2.80. The number of hydrogen-bond acceptors (Lipinski definition) is 4. The third kappa shape index (κ3) is 2.75. The van der Waals surface area contributed by atoms with Crippen molar-refractivity contribution in [2.45, 2.75) is 13.5 Å². The lowest BCUT2D eigenvalue weighted by atomic mass is 10.1. The molecule has 2 rings (SSSR count). The minimum absolute atomic E-state index is 0.941. The summed E-state index contributed by atoms with van der Waals surface area (Å²) < 4.78 is 0. The molecule has 1 heterocycles. The van der Waals surface area contributed by atoms with E-state index in [9.17, 15) is 0 Å². The van der Waals surface area contributed by atoms with Gasteiger partial charge in [-0.05, 0) is 29.6 Å². The van der Waals surface area contributed by atoms with E-state index in [1.54, 1.807) is 11.9 Å². The lowest BCUT2D eigenvalue weighted by Crippen LogP contribution is -2.17. The Bertz CT molecular complexity index is 345. The highest BCUT2D eigenvalue weighted by Crippen LogP contribution is 2.19. The van der Waals surface area contributed by atoms with E-state index in [0.29, 0.717) is 0 Å². The van der Waals surface area contributed by atoms with Crippen LogP contribution in [0.5, 0.6) is 0 Å². The van der Waals surface area contributed by atoms with E-state index in [-0.39, 0.29) is 0 Å². The van der Waals surface area contributed by atoms with Gasteiger partial charge in [-0.15, -0.1) is 0 Å². The van der Waals surface area contributed by atoms with E-state index in [4.69, 9.17) is 0 Å². The number of nitrogens with one attached hydrogen (secondary N) is 3. The first-order chi connectivity index (χ1) is 7.40. The Morgan fingerprint density at radius 3 is 2.67 bits per heavy atom. The molecule has 3 N–H and O–H groups in total. The fourth-order valence-electron chi connectivity index (χ4n) is 1.41. The summed E-state index contributed by atoms with van der Waals surface area (Å²) in [6.07, 6.45) is 0. The molecule has 0 spiro atoms. The van der Waals surface area contributed by atoms with Gasteiger partial charge in [0.2, 0.25) is 0 Å². The van der Waals surface area contributed by atoms with Crippen molar-refractivity contribution >= 4 is 17.6 Å². The van der Waals surface area contributed by atoms with Crippen LogP contribution in [0, 0.1) is 0 Å². The van der Waals surface area contributed by atoms with Crippen LogP contribution in [0.4, 0.5) is 0 Å². The van der Waals surface area contributed by atoms with E-state index in [2.05, 4.69) is 52.2 Å². The highest BCUT2D eigenvalue weighted by molar-refractivity contribution is 8.00. The van der Waals surface area contributed by atoms with Crippen LogP contribution in [-0.4, -0.2) is 6.54 Å². The van der Waals surface area contributed by atoms with Gasteiger partial charge in [0.1, 0.15) is 0 Å². The molecule has 0 saturated carbocycles. The summed E-state index contributed by atoms with van der Waals surface area (Å²) >= 11 is 1.56. The van der Waals surface area contributed by atoms with Gasteiger partial charge in [0.15, 0.2) is 0 Å². The van der Waals surface area contributed by atoms with Gasteiger partial charge in [0, 0.05) is 12.0 Å². The van der Waals surface area contributed by atoms with Crippen LogP contribution in [-0.2, 0) is 6.54 Å². The van der Waals surface area contributed by atoms with Crippen molar-refractivity contribution < 1.29 is 0 Å². The Hall–Kier alpha value is -0.970. The molecule has 0 amide bonds. The number of hydrogen-bond donors (Lipinski definition) is 3. The zero-order valence-corrected chi connectivity index (χ0v) is 9.53. The van der Waals surface area contributed by atoms with Crippen molar-refractivity contribution in [1.29, 1.82) is 0 Å². The van der Waals surface area contributed by atoms with Gasteiger partial charge in [-0.1, -0.05) is 31.2 Å². The first-order valence-corrected chi connectivity index (χ1v) is 5.95. The van der Waals surface area contributed by atoms with Crippen LogP contribution in [0.3, 0.4) is 0 Å². The van der Waals surface area contributed by atoms with Crippen molar-refractivity contribution in [1.82, 2.24) is 15.6 Å². The molecule has 0 atom stereocenters. The second-order valence-corrected chi connectivity index (χ2v) is 4.03. The summed E-state index contributed by atoms with van der Waals surface area (Å²) in [6, 6.07) is 8.59. The fourth-order valence-corrected chi connectivity index (χ4v) is 1.95. The predicted octanol–water partition coefficient (Wildman–Crippen LogP) is 1.85. The van der Waals surface area contributed by atoms with Crippen LogP contribution in [0.2, 0.25) is 0 Å². The van der Waals surface area contributed by atoms with Gasteiger partial charge in [-0.25, -0.2) is 0 Å². The van der Waals surface area contributed by atoms with Gasteiger partial charge in [0.05, 0.1) is 5.70 Å². The zero-order valence-electron chi connectivity index (χ0n) is 8.71. The molecule has 1 aliphatic rings. The van der Waals surface area contributed by atoms with Crippen molar-refractivity contribution in [3.63, 3.8) is 0 Å². The van der Waals surface area contributed by atoms with Gasteiger partial charge >= 0.3 is 0 Å². The van der Waals surface area contributed by atoms with Crippen molar-refractivity contribution in [3.05, 3.63) is 40.8 Å². The summed E-state index contributed by atoms with van der Waals surface area (Å²) in [6.45, 7) is 4.07. The molecule has 0 unspecified atom stereocenters. The smallest absolute Gasteiger partial charge is 0.0645 e. The van der Waals surface area contributed by atoms with E-state index in [1.807, 2.05) is 0 Å². The molecule has 15 heavy (non-hydrogen) atoms. The van der Waals surface area contributed by atoms with Crippen LogP contribution < -0.4 is 15.6 Å². The monoisotopic (exact) mass is 221 g/mol. The molecule has 1 aromatic carbocycles. The summed E-state index contributed by atoms with van der Waals surface area (Å²) in [5, 5.41) is 5.38. The quantitative estimate of drug-likeness (QED) is 0.678. The highest BCUT2D eigenvalue weighted by atomic mass is 32.2. The third-order valence-electron chi connectivity index (χ3n) is 2.27. The Morgan fingerprint density at radius 2 is 2.07 bits per heavy atom. The summed E-state index contributed by atoms with van der Waals surface area (Å²) in [5.74, 6) is 0. The average molecular weight is 221 g/mol. The van der Waals surface area contributed by atoms with Crippen LogP contribution in [0.15, 0.2) is 29.7 Å². The summed E-state index contributed by atoms with van der Waals surface area (Å²) in [7, 11) is 0. The van der Waals surface area contributed by atoms with Gasteiger partial charge in [-0.3, -0.25) is 0 Å². The van der Waals surface area contributed by atoms with Gasteiger partial charge < -0.3 is 10.7 Å². The zero-order chi connectivity index (χ0) is 10.5. The summed E-state index contributed by atoms with van der Waals surface area (Å²) in [5.41, 5.74) is 6.76. The van der Waals surface area contributed by atoms with E-state index < -0.39 is 0 Å². The minimum Gasteiger partial charge on any atom is -0.313 e. The molecular formula is C11H15N3S. The van der Waals surface area contributed by atoms with Gasteiger partial charge in [0.25, 0.3) is 0 Å². The second-order valence-electron chi connectivity index (χ2n) is 3.35. The molecule has 0 aromatic heterocycles. The molecule has 0 aliphatic carbocycles. The number of hydrazine groups is 1. The predicted molar refractivity (Wildman–Crippen MR) is 65.7 cm³/mol. The maximum absolute atomic E-state index is 3.31. The van der Waals surface area contributed by atoms with Crippen molar-refractivity contribution in [2.24, 2.45) is 0 Å². The number of rotatable bonds is 4. The fraction of sp³-hybridized carbons (Fsp3) is 0.273. The molecule has 80 valence electrons. The standard InChI is InChI=1S/C11H15N3S/c1-2-12-7-9-3-5-10(6-4-9)11-8-15-14-13-11/h3-6,8,12-14H,2,7H2,1H3. The normalized spacial score (nSPS) is 14.9. The SMILES string of the molecule is CCNCc1ccc(C2=CSNN2)cc1. The molecule has 0 saturated heterocycles. The van der Waals surface area contributed by atoms with Crippen LogP contribution in [0.25, 0.3) is 5.70 Å². The summed E-state index contributed by atoms with van der Waals surface area (Å²) in [4.78, 5) is 2.98. The Kier molecular flexibility index (Phi) is 3.66. The van der Waals surface area contributed by atoms with Crippen LogP contribution in [0.1, 0.15) is 18.1 Å². The Balaban J connectivity index is 2.03. The molecule has 4 heteroatoms. The molecule has 1 aromatic rings. The first-order valence-electron chi connectivity index (χ1n) is 5.07. The number of benzene rings is 1. The first kappa shape index (κ1) is 10.5. The largest absolute Gasteiger partial charge is 0.313 e. The lowest BCUT2D eigenvalue weighted by Gasteiger charge is -2.05. The molecule has 0 radical (unpaired) electrons. The maximum atomic E-state index is 3.31. The maximum Gasteiger partial charge on any atom is 0.0645 e. The molecular weight excluding hydrogens is 206 g/mol. The third-order valence-corrected chi connectivity index (χ3v) is 2.84. The molecule has 3 nitrogen and oxygen atoms in total. The van der Waals surface area contributed by atoms with E-state index in [1.165, 1.54) is 11.1 Å². The van der Waals surface area contributed by atoms with Crippen molar-refractivity contribution in [2.75, 3.05) is 6.54 Å². The van der Waals surface area contributed by atoms with Crippen molar-refractivity contribution in [3.8, 4) is 0 Å². The minimum atomic E-state index is 0.941.